The van der Waals surface area contributed by atoms with Gasteiger partial charge in [0.25, 0.3) is 5.91 Å². The van der Waals surface area contributed by atoms with Crippen LogP contribution in [0.2, 0.25) is 0 Å². The van der Waals surface area contributed by atoms with Crippen molar-refractivity contribution in [2.24, 2.45) is 0 Å². The number of ether oxygens (including phenoxy) is 2. The number of thiocarbonyl (C=S) groups is 1. The molecule has 0 atom stereocenters. The van der Waals surface area contributed by atoms with E-state index in [9.17, 15) is 4.79 Å². The van der Waals surface area contributed by atoms with Gasteiger partial charge in [-0.3, -0.25) is 9.69 Å². The van der Waals surface area contributed by atoms with E-state index < -0.39 is 5.54 Å². The average Bonchev–Trinajstić information content (AvgIpc) is 2.94. The molecule has 30 heavy (non-hydrogen) atoms. The van der Waals surface area contributed by atoms with Gasteiger partial charge in [0.05, 0.1) is 12.8 Å². The van der Waals surface area contributed by atoms with Gasteiger partial charge in [-0.05, 0) is 86.7 Å². The average molecular weight is 419 g/mol. The Labute approximate surface area is 181 Å². The number of hydrogen-bond donors (Lipinski definition) is 0. The van der Waals surface area contributed by atoms with Crippen LogP contribution >= 0.6 is 12.2 Å². The number of hydrogen-bond acceptors (Lipinski definition) is 4. The van der Waals surface area contributed by atoms with Crippen molar-refractivity contribution in [3.8, 4) is 17.2 Å². The molecule has 1 aliphatic rings. The van der Waals surface area contributed by atoms with Crippen molar-refractivity contribution < 1.29 is 14.3 Å². The molecule has 1 saturated heterocycles. The van der Waals surface area contributed by atoms with E-state index in [1.54, 1.807) is 12.0 Å². The zero-order valence-corrected chi connectivity index (χ0v) is 17.8. The molecule has 0 aromatic heterocycles. The van der Waals surface area contributed by atoms with E-state index >= 15 is 0 Å². The minimum atomic E-state index is -0.821. The molecule has 1 heterocycles. The topological polar surface area (TPSA) is 42.0 Å². The first kappa shape index (κ1) is 19.9. The van der Waals surface area contributed by atoms with E-state index in [-0.39, 0.29) is 5.91 Å². The third-order valence-electron chi connectivity index (χ3n) is 5.07. The maximum atomic E-state index is 13.2. The monoisotopic (exact) mass is 418 g/mol. The van der Waals surface area contributed by atoms with Gasteiger partial charge in [0, 0.05) is 5.69 Å². The molecule has 4 rings (SSSR count). The first-order chi connectivity index (χ1) is 14.4. The Balaban J connectivity index is 1.61. The molecule has 3 aromatic carbocycles. The summed E-state index contributed by atoms with van der Waals surface area (Å²) in [6.45, 7) is 3.75. The van der Waals surface area contributed by atoms with Crippen LogP contribution in [0.5, 0.6) is 17.2 Å². The first-order valence-corrected chi connectivity index (χ1v) is 9.98. The van der Waals surface area contributed by atoms with Gasteiger partial charge in [-0.25, -0.2) is 0 Å². The molecule has 1 aliphatic heterocycles. The summed E-state index contributed by atoms with van der Waals surface area (Å²) in [4.78, 5) is 16.7. The van der Waals surface area contributed by atoms with Crippen LogP contribution in [0.15, 0.2) is 78.9 Å². The number of para-hydroxylation sites is 1. The smallest absolute Gasteiger partial charge is 0.259 e. The molecule has 0 bridgehead atoms. The minimum absolute atomic E-state index is 0.0812. The number of rotatable bonds is 5. The molecule has 0 spiro atoms. The predicted octanol–water partition coefficient (Wildman–Crippen LogP) is 5.40. The van der Waals surface area contributed by atoms with Crippen molar-refractivity contribution in [2.75, 3.05) is 16.9 Å². The van der Waals surface area contributed by atoms with Gasteiger partial charge in [-0.15, -0.1) is 0 Å². The second kappa shape index (κ2) is 7.80. The predicted molar refractivity (Wildman–Crippen MR) is 123 cm³/mol. The van der Waals surface area contributed by atoms with Crippen molar-refractivity contribution in [2.45, 2.75) is 19.4 Å². The highest BCUT2D eigenvalue weighted by Crippen LogP contribution is 2.37. The molecule has 1 amide bonds. The van der Waals surface area contributed by atoms with Crippen LogP contribution < -0.4 is 19.3 Å². The second-order valence-corrected chi connectivity index (χ2v) is 7.79. The molecule has 0 saturated carbocycles. The van der Waals surface area contributed by atoms with Crippen LogP contribution in [0, 0.1) is 0 Å². The molecule has 0 radical (unpaired) electrons. The van der Waals surface area contributed by atoms with Crippen molar-refractivity contribution in [3.05, 3.63) is 78.9 Å². The van der Waals surface area contributed by atoms with Gasteiger partial charge < -0.3 is 14.4 Å². The van der Waals surface area contributed by atoms with Gasteiger partial charge in [-0.1, -0.05) is 18.2 Å². The maximum absolute atomic E-state index is 13.2. The Morgan fingerprint density at radius 3 is 1.90 bits per heavy atom. The summed E-state index contributed by atoms with van der Waals surface area (Å²) in [5.74, 6) is 2.12. The molecule has 0 N–H and O–H groups in total. The summed E-state index contributed by atoms with van der Waals surface area (Å²) in [5.41, 5.74) is 0.721. The van der Waals surface area contributed by atoms with E-state index in [4.69, 9.17) is 21.7 Å². The Morgan fingerprint density at radius 2 is 1.30 bits per heavy atom. The number of carbonyl (C=O) groups is 1. The lowest BCUT2D eigenvalue weighted by Gasteiger charge is -2.29. The Morgan fingerprint density at radius 1 is 0.767 bits per heavy atom. The van der Waals surface area contributed by atoms with Crippen molar-refractivity contribution in [1.29, 1.82) is 0 Å². The van der Waals surface area contributed by atoms with Crippen LogP contribution in [-0.2, 0) is 4.79 Å². The van der Waals surface area contributed by atoms with E-state index in [1.807, 2.05) is 97.6 Å². The van der Waals surface area contributed by atoms with Crippen LogP contribution in [0.1, 0.15) is 13.8 Å². The standard InChI is InChI=1S/C24H22N2O3S/c1-24(2)22(27)25(17-9-13-19(28-3)14-10-17)23(30)26(24)18-11-15-21(16-12-18)29-20-7-5-4-6-8-20/h4-16H,1-3H3. The fourth-order valence-electron chi connectivity index (χ4n) is 3.48. The normalized spacial score (nSPS) is 15.4. The minimum Gasteiger partial charge on any atom is -0.497 e. The summed E-state index contributed by atoms with van der Waals surface area (Å²) in [5, 5.41) is 0.437. The highest BCUT2D eigenvalue weighted by Gasteiger charge is 2.50. The van der Waals surface area contributed by atoms with Crippen molar-refractivity contribution >= 4 is 34.6 Å². The van der Waals surface area contributed by atoms with E-state index in [0.29, 0.717) is 16.5 Å². The molecule has 1 fully saturated rings. The molecular formula is C24H22N2O3S. The van der Waals surface area contributed by atoms with E-state index in [0.717, 1.165) is 17.2 Å². The number of benzene rings is 3. The Kier molecular flexibility index (Phi) is 5.18. The van der Waals surface area contributed by atoms with Gasteiger partial charge in [0.2, 0.25) is 0 Å². The summed E-state index contributed by atoms with van der Waals surface area (Å²) in [7, 11) is 1.61. The van der Waals surface area contributed by atoms with Gasteiger partial charge in [0.1, 0.15) is 22.8 Å². The van der Waals surface area contributed by atoms with Gasteiger partial charge in [0.15, 0.2) is 5.11 Å². The fraction of sp³-hybridized carbons (Fsp3) is 0.167. The number of methoxy groups -OCH3 is 1. The Bertz CT molecular complexity index is 1060. The summed E-state index contributed by atoms with van der Waals surface area (Å²) >= 11 is 5.72. The molecule has 6 heteroatoms. The van der Waals surface area contributed by atoms with Gasteiger partial charge >= 0.3 is 0 Å². The largest absolute Gasteiger partial charge is 0.497 e. The maximum Gasteiger partial charge on any atom is 0.259 e. The molecular weight excluding hydrogens is 396 g/mol. The van der Waals surface area contributed by atoms with E-state index in [1.165, 1.54) is 0 Å². The third-order valence-corrected chi connectivity index (χ3v) is 5.44. The number of anilines is 2. The lowest BCUT2D eigenvalue weighted by Crippen LogP contribution is -2.44. The molecule has 152 valence electrons. The van der Waals surface area contributed by atoms with Crippen molar-refractivity contribution in [1.82, 2.24) is 0 Å². The molecule has 3 aromatic rings. The number of nitrogens with zero attached hydrogens (tertiary/aromatic N) is 2. The van der Waals surface area contributed by atoms with Gasteiger partial charge in [-0.2, -0.15) is 0 Å². The summed E-state index contributed by atoms with van der Waals surface area (Å²) in [6, 6.07) is 24.5. The first-order valence-electron chi connectivity index (χ1n) is 9.57. The lowest BCUT2D eigenvalue weighted by atomic mass is 10.0. The Hall–Kier alpha value is -3.38. The second-order valence-electron chi connectivity index (χ2n) is 7.42. The van der Waals surface area contributed by atoms with Crippen LogP contribution in [0.25, 0.3) is 0 Å². The number of amides is 1. The summed E-state index contributed by atoms with van der Waals surface area (Å²) in [6.07, 6.45) is 0. The SMILES string of the molecule is COc1ccc(N2C(=O)C(C)(C)N(c3ccc(Oc4ccccc4)cc3)C2=S)cc1. The van der Waals surface area contributed by atoms with Crippen molar-refractivity contribution in [3.63, 3.8) is 0 Å². The van der Waals surface area contributed by atoms with Crippen LogP contribution in [0.4, 0.5) is 11.4 Å². The quantitative estimate of drug-likeness (QED) is 0.519. The molecule has 5 nitrogen and oxygen atoms in total. The third kappa shape index (κ3) is 3.50. The molecule has 0 unspecified atom stereocenters. The van der Waals surface area contributed by atoms with Crippen LogP contribution in [-0.4, -0.2) is 23.7 Å². The summed E-state index contributed by atoms with van der Waals surface area (Å²) < 4.78 is 11.1. The van der Waals surface area contributed by atoms with Crippen LogP contribution in [0.3, 0.4) is 0 Å². The highest BCUT2D eigenvalue weighted by molar-refractivity contribution is 7.81. The zero-order valence-electron chi connectivity index (χ0n) is 17.0. The molecule has 0 aliphatic carbocycles. The highest BCUT2D eigenvalue weighted by atomic mass is 32.1. The zero-order chi connectivity index (χ0) is 21.3. The lowest BCUT2D eigenvalue weighted by molar-refractivity contribution is -0.120. The van der Waals surface area contributed by atoms with E-state index in [2.05, 4.69) is 0 Å². The number of carbonyl (C=O) groups excluding carboxylic acids is 1. The fourth-order valence-corrected chi connectivity index (χ4v) is 4.00.